The van der Waals surface area contributed by atoms with E-state index in [0.29, 0.717) is 28.3 Å². The Kier molecular flexibility index (Phi) is 4.23. The SMILES string of the molecule is CNc1nccc(COc2ccc(Cl)cc2Cl)n1. The molecule has 4 nitrogen and oxygen atoms in total. The lowest BCUT2D eigenvalue weighted by atomic mass is 10.3. The minimum absolute atomic E-state index is 0.318. The third kappa shape index (κ3) is 3.24. The van der Waals surface area contributed by atoms with Crippen molar-refractivity contribution < 1.29 is 4.74 Å². The first-order valence-corrected chi connectivity index (χ1v) is 6.02. The highest BCUT2D eigenvalue weighted by Gasteiger charge is 2.04. The van der Waals surface area contributed by atoms with Crippen LogP contribution in [-0.2, 0) is 6.61 Å². The molecule has 0 aliphatic carbocycles. The molecule has 0 unspecified atom stereocenters. The van der Waals surface area contributed by atoms with E-state index in [-0.39, 0.29) is 0 Å². The minimum atomic E-state index is 0.318. The number of halogens is 2. The van der Waals surface area contributed by atoms with Gasteiger partial charge in [-0.2, -0.15) is 0 Å². The van der Waals surface area contributed by atoms with E-state index < -0.39 is 0 Å². The van der Waals surface area contributed by atoms with Gasteiger partial charge in [-0.25, -0.2) is 9.97 Å². The van der Waals surface area contributed by atoms with Gasteiger partial charge in [-0.05, 0) is 24.3 Å². The standard InChI is InChI=1S/C12H11Cl2N3O/c1-15-12-16-5-4-9(17-12)7-18-11-3-2-8(13)6-10(11)14/h2-6H,7H2,1H3,(H,15,16,17). The van der Waals surface area contributed by atoms with E-state index in [1.165, 1.54) is 0 Å². The van der Waals surface area contributed by atoms with Crippen LogP contribution in [0.5, 0.6) is 5.75 Å². The molecule has 6 heteroatoms. The van der Waals surface area contributed by atoms with Crippen molar-refractivity contribution in [3.8, 4) is 5.75 Å². The van der Waals surface area contributed by atoms with Gasteiger partial charge in [0, 0.05) is 18.3 Å². The second kappa shape index (κ2) is 5.89. The van der Waals surface area contributed by atoms with E-state index in [1.54, 1.807) is 37.5 Å². The summed E-state index contributed by atoms with van der Waals surface area (Å²) in [5.41, 5.74) is 0.764. The maximum absolute atomic E-state index is 6.00. The van der Waals surface area contributed by atoms with Crippen LogP contribution in [0.3, 0.4) is 0 Å². The van der Waals surface area contributed by atoms with Gasteiger partial charge in [0.15, 0.2) is 0 Å². The lowest BCUT2D eigenvalue weighted by Gasteiger charge is -2.08. The molecule has 0 atom stereocenters. The van der Waals surface area contributed by atoms with Gasteiger partial charge in [-0.3, -0.25) is 0 Å². The van der Waals surface area contributed by atoms with Gasteiger partial charge in [-0.15, -0.1) is 0 Å². The Balaban J connectivity index is 2.06. The van der Waals surface area contributed by atoms with Crippen LogP contribution in [0.4, 0.5) is 5.95 Å². The highest BCUT2D eigenvalue weighted by atomic mass is 35.5. The largest absolute Gasteiger partial charge is 0.486 e. The van der Waals surface area contributed by atoms with E-state index in [9.17, 15) is 0 Å². The van der Waals surface area contributed by atoms with Crippen molar-refractivity contribution in [2.75, 3.05) is 12.4 Å². The zero-order chi connectivity index (χ0) is 13.0. The number of hydrogen-bond donors (Lipinski definition) is 1. The lowest BCUT2D eigenvalue weighted by molar-refractivity contribution is 0.301. The van der Waals surface area contributed by atoms with Crippen molar-refractivity contribution in [2.45, 2.75) is 6.61 Å². The molecule has 94 valence electrons. The van der Waals surface area contributed by atoms with Gasteiger partial charge in [0.1, 0.15) is 12.4 Å². The van der Waals surface area contributed by atoms with E-state index in [2.05, 4.69) is 15.3 Å². The second-order valence-electron chi connectivity index (χ2n) is 3.49. The fraction of sp³-hybridized carbons (Fsp3) is 0.167. The third-order valence-corrected chi connectivity index (χ3v) is 2.74. The summed E-state index contributed by atoms with van der Waals surface area (Å²) < 4.78 is 5.57. The van der Waals surface area contributed by atoms with E-state index in [0.717, 1.165) is 5.69 Å². The average Bonchev–Trinajstić information content (AvgIpc) is 2.38. The molecule has 0 spiro atoms. The lowest BCUT2D eigenvalue weighted by Crippen LogP contribution is -2.02. The second-order valence-corrected chi connectivity index (χ2v) is 4.33. The Morgan fingerprint density at radius 2 is 2.11 bits per heavy atom. The van der Waals surface area contributed by atoms with Crippen LogP contribution in [0.2, 0.25) is 10.0 Å². The Morgan fingerprint density at radius 1 is 1.28 bits per heavy atom. The smallest absolute Gasteiger partial charge is 0.222 e. The van der Waals surface area contributed by atoms with Gasteiger partial charge in [0.25, 0.3) is 0 Å². The van der Waals surface area contributed by atoms with Gasteiger partial charge < -0.3 is 10.1 Å². The summed E-state index contributed by atoms with van der Waals surface area (Å²) in [7, 11) is 1.76. The highest BCUT2D eigenvalue weighted by Crippen LogP contribution is 2.27. The Hall–Kier alpha value is -1.52. The molecule has 0 saturated heterocycles. The number of benzene rings is 1. The topological polar surface area (TPSA) is 47.0 Å². The summed E-state index contributed by atoms with van der Waals surface area (Å²) in [6.07, 6.45) is 1.67. The summed E-state index contributed by atoms with van der Waals surface area (Å²) in [4.78, 5) is 8.26. The van der Waals surface area contributed by atoms with Crippen LogP contribution >= 0.6 is 23.2 Å². The maximum Gasteiger partial charge on any atom is 0.222 e. The molecule has 0 bridgehead atoms. The quantitative estimate of drug-likeness (QED) is 0.934. The maximum atomic E-state index is 6.00. The molecule has 18 heavy (non-hydrogen) atoms. The number of ether oxygens (including phenoxy) is 1. The normalized spacial score (nSPS) is 10.2. The van der Waals surface area contributed by atoms with Crippen molar-refractivity contribution in [3.05, 3.63) is 46.2 Å². The molecule has 1 aromatic carbocycles. The summed E-state index contributed by atoms with van der Waals surface area (Å²) in [6.45, 7) is 0.318. The molecule has 1 N–H and O–H groups in total. The number of hydrogen-bond acceptors (Lipinski definition) is 4. The number of nitrogens with one attached hydrogen (secondary N) is 1. The predicted molar refractivity (Wildman–Crippen MR) is 72.4 cm³/mol. The average molecular weight is 284 g/mol. The Bertz CT molecular complexity index is 549. The van der Waals surface area contributed by atoms with Crippen molar-refractivity contribution >= 4 is 29.2 Å². The number of aromatic nitrogens is 2. The fourth-order valence-electron chi connectivity index (χ4n) is 1.34. The van der Waals surface area contributed by atoms with Crippen LogP contribution in [0.15, 0.2) is 30.5 Å². The van der Waals surface area contributed by atoms with Gasteiger partial charge in [0.2, 0.25) is 5.95 Å². The molecular formula is C12H11Cl2N3O. The number of rotatable bonds is 4. The molecule has 1 heterocycles. The Morgan fingerprint density at radius 3 is 2.83 bits per heavy atom. The molecule has 0 saturated carbocycles. The molecule has 0 aliphatic rings. The minimum Gasteiger partial charge on any atom is -0.486 e. The molecule has 2 rings (SSSR count). The Labute approximate surface area is 115 Å². The van der Waals surface area contributed by atoms with Crippen LogP contribution in [0, 0.1) is 0 Å². The van der Waals surface area contributed by atoms with Crippen molar-refractivity contribution in [3.63, 3.8) is 0 Å². The summed E-state index contributed by atoms with van der Waals surface area (Å²) in [5, 5.41) is 3.92. The molecule has 0 aliphatic heterocycles. The predicted octanol–water partition coefficient (Wildman–Crippen LogP) is 3.40. The summed E-state index contributed by atoms with van der Waals surface area (Å²) in [6, 6.07) is 6.87. The van der Waals surface area contributed by atoms with Gasteiger partial charge >= 0.3 is 0 Å². The van der Waals surface area contributed by atoms with Crippen molar-refractivity contribution in [2.24, 2.45) is 0 Å². The van der Waals surface area contributed by atoms with E-state index in [1.807, 2.05) is 0 Å². The first-order chi connectivity index (χ1) is 8.69. The summed E-state index contributed by atoms with van der Waals surface area (Å²) in [5.74, 6) is 1.13. The van der Waals surface area contributed by atoms with Crippen molar-refractivity contribution in [1.29, 1.82) is 0 Å². The summed E-state index contributed by atoms with van der Waals surface area (Å²) >= 11 is 11.8. The molecular weight excluding hydrogens is 273 g/mol. The molecule has 0 radical (unpaired) electrons. The van der Waals surface area contributed by atoms with Gasteiger partial charge in [-0.1, -0.05) is 23.2 Å². The van der Waals surface area contributed by atoms with E-state index in [4.69, 9.17) is 27.9 Å². The first-order valence-electron chi connectivity index (χ1n) is 5.26. The molecule has 0 fully saturated rings. The third-order valence-electron chi connectivity index (χ3n) is 2.21. The fourth-order valence-corrected chi connectivity index (χ4v) is 1.80. The number of anilines is 1. The van der Waals surface area contributed by atoms with E-state index >= 15 is 0 Å². The van der Waals surface area contributed by atoms with Crippen LogP contribution < -0.4 is 10.1 Å². The van der Waals surface area contributed by atoms with Crippen LogP contribution in [0.1, 0.15) is 5.69 Å². The zero-order valence-corrected chi connectivity index (χ0v) is 11.2. The van der Waals surface area contributed by atoms with Crippen LogP contribution in [-0.4, -0.2) is 17.0 Å². The number of nitrogens with zero attached hydrogens (tertiary/aromatic N) is 2. The monoisotopic (exact) mass is 283 g/mol. The molecule has 2 aromatic rings. The highest BCUT2D eigenvalue weighted by molar-refractivity contribution is 6.35. The van der Waals surface area contributed by atoms with Crippen molar-refractivity contribution in [1.82, 2.24) is 9.97 Å². The first kappa shape index (κ1) is 12.9. The molecule has 0 amide bonds. The van der Waals surface area contributed by atoms with Crippen LogP contribution in [0.25, 0.3) is 0 Å². The van der Waals surface area contributed by atoms with Gasteiger partial charge in [0.05, 0.1) is 10.7 Å². The molecule has 1 aromatic heterocycles. The zero-order valence-electron chi connectivity index (χ0n) is 9.65.